The molecule has 2 aromatic carbocycles. The third-order valence-electron chi connectivity index (χ3n) is 6.06. The molecule has 32 heavy (non-hydrogen) atoms. The smallest absolute Gasteiger partial charge is 0.407 e. The number of carbonyl (C=O) groups is 3. The summed E-state index contributed by atoms with van der Waals surface area (Å²) in [6.45, 7) is -0.524. The normalized spacial score (nSPS) is 16.4. The summed E-state index contributed by atoms with van der Waals surface area (Å²) in [7, 11) is 0. The summed E-state index contributed by atoms with van der Waals surface area (Å²) in [5.41, 5.74) is 4.51. The highest BCUT2D eigenvalue weighted by Crippen LogP contribution is 2.44. The molecule has 4 rings (SSSR count). The molecule has 2 aliphatic carbocycles. The molecule has 0 spiro atoms. The summed E-state index contributed by atoms with van der Waals surface area (Å²) in [6.07, 6.45) is 1.08. The highest BCUT2D eigenvalue weighted by molar-refractivity contribution is 5.84. The number of hydrogen-bond donors (Lipinski definition) is 4. The molecule has 8 nitrogen and oxygen atoms in total. The van der Waals surface area contributed by atoms with Crippen LogP contribution in [0.25, 0.3) is 11.1 Å². The van der Waals surface area contributed by atoms with Crippen molar-refractivity contribution in [3.8, 4) is 11.1 Å². The minimum absolute atomic E-state index is 0.0586. The van der Waals surface area contributed by atoms with Crippen molar-refractivity contribution in [1.82, 2.24) is 10.6 Å². The van der Waals surface area contributed by atoms with Gasteiger partial charge in [-0.05, 0) is 41.0 Å². The molecule has 0 aromatic heterocycles. The standard InChI is InChI=1S/C24H26N2O6/c27-12-21(23(29)30)25-22(28)11-20(14-9-10-14)26-24(31)32-13-19-17-7-3-1-5-15(17)16-6-2-4-8-18(16)19/h1-8,14,19-21,27H,9-13H2,(H,25,28)(H,26,31)(H,29,30)/t20?,21-/m1/s1. The number of rotatable bonds is 9. The van der Waals surface area contributed by atoms with Crippen molar-refractivity contribution >= 4 is 18.0 Å². The lowest BCUT2D eigenvalue weighted by Crippen LogP contribution is -2.47. The number of ether oxygens (including phenoxy) is 1. The number of fused-ring (bicyclic) bond motifs is 3. The van der Waals surface area contributed by atoms with E-state index in [2.05, 4.69) is 22.8 Å². The molecule has 8 heteroatoms. The number of carbonyl (C=O) groups excluding carboxylic acids is 2. The topological polar surface area (TPSA) is 125 Å². The average molecular weight is 438 g/mol. The van der Waals surface area contributed by atoms with Gasteiger partial charge in [-0.3, -0.25) is 4.79 Å². The maximum Gasteiger partial charge on any atom is 0.407 e. The van der Waals surface area contributed by atoms with E-state index in [1.807, 2.05) is 36.4 Å². The van der Waals surface area contributed by atoms with Gasteiger partial charge in [-0.2, -0.15) is 0 Å². The van der Waals surface area contributed by atoms with Gasteiger partial charge in [0.25, 0.3) is 0 Å². The molecule has 0 bridgehead atoms. The minimum Gasteiger partial charge on any atom is -0.480 e. The molecule has 4 N–H and O–H groups in total. The number of amides is 2. The van der Waals surface area contributed by atoms with Gasteiger partial charge in [0, 0.05) is 18.4 Å². The molecule has 0 radical (unpaired) electrons. The Bertz CT molecular complexity index is 974. The summed E-state index contributed by atoms with van der Waals surface area (Å²) >= 11 is 0. The Morgan fingerprint density at radius 2 is 1.56 bits per heavy atom. The number of carboxylic acids is 1. The molecular weight excluding hydrogens is 412 g/mol. The maximum atomic E-state index is 12.5. The van der Waals surface area contributed by atoms with E-state index < -0.39 is 36.7 Å². The fraction of sp³-hybridized carbons (Fsp3) is 0.375. The van der Waals surface area contributed by atoms with E-state index in [9.17, 15) is 14.4 Å². The number of nitrogens with one attached hydrogen (secondary N) is 2. The minimum atomic E-state index is -1.36. The van der Waals surface area contributed by atoms with Crippen LogP contribution in [0.2, 0.25) is 0 Å². The van der Waals surface area contributed by atoms with Crippen LogP contribution in [-0.4, -0.2) is 53.5 Å². The van der Waals surface area contributed by atoms with Gasteiger partial charge >= 0.3 is 12.1 Å². The average Bonchev–Trinajstić information content (AvgIpc) is 3.58. The first-order valence-corrected chi connectivity index (χ1v) is 10.7. The monoisotopic (exact) mass is 438 g/mol. The predicted octanol–water partition coefficient (Wildman–Crippen LogP) is 2.26. The van der Waals surface area contributed by atoms with Gasteiger partial charge in [0.2, 0.25) is 5.91 Å². The zero-order valence-electron chi connectivity index (χ0n) is 17.5. The van der Waals surface area contributed by atoms with E-state index in [0.717, 1.165) is 35.1 Å². The van der Waals surface area contributed by atoms with Gasteiger partial charge in [-0.15, -0.1) is 0 Å². The SMILES string of the molecule is O=C(CC(NC(=O)OCC1c2ccccc2-c2ccccc21)C1CC1)N[C@H](CO)C(=O)O. The molecule has 2 amide bonds. The second-order valence-electron chi connectivity index (χ2n) is 8.26. The van der Waals surface area contributed by atoms with Crippen molar-refractivity contribution in [3.05, 3.63) is 59.7 Å². The van der Waals surface area contributed by atoms with Gasteiger partial charge in [0.05, 0.1) is 6.61 Å². The van der Waals surface area contributed by atoms with Crippen LogP contribution in [-0.2, 0) is 14.3 Å². The molecule has 1 fully saturated rings. The molecule has 0 heterocycles. The van der Waals surface area contributed by atoms with Crippen molar-refractivity contribution in [2.45, 2.75) is 37.3 Å². The highest BCUT2D eigenvalue weighted by atomic mass is 16.5. The van der Waals surface area contributed by atoms with Crippen LogP contribution in [0.3, 0.4) is 0 Å². The third-order valence-corrected chi connectivity index (χ3v) is 6.06. The molecule has 0 aliphatic heterocycles. The first-order valence-electron chi connectivity index (χ1n) is 10.7. The summed E-state index contributed by atoms with van der Waals surface area (Å²) < 4.78 is 5.55. The fourth-order valence-electron chi connectivity index (χ4n) is 4.26. The van der Waals surface area contributed by atoms with Crippen LogP contribution in [0.4, 0.5) is 4.79 Å². The van der Waals surface area contributed by atoms with Crippen molar-refractivity contribution in [1.29, 1.82) is 0 Å². The van der Waals surface area contributed by atoms with Gasteiger partial charge in [-0.1, -0.05) is 48.5 Å². The van der Waals surface area contributed by atoms with Gasteiger partial charge < -0.3 is 25.6 Å². The van der Waals surface area contributed by atoms with E-state index in [0.29, 0.717) is 0 Å². The van der Waals surface area contributed by atoms with Crippen LogP contribution < -0.4 is 10.6 Å². The first kappa shape index (κ1) is 21.8. The fourth-order valence-corrected chi connectivity index (χ4v) is 4.26. The van der Waals surface area contributed by atoms with Gasteiger partial charge in [0.1, 0.15) is 12.6 Å². The number of hydrogen-bond acceptors (Lipinski definition) is 5. The van der Waals surface area contributed by atoms with Gasteiger partial charge in [0.15, 0.2) is 0 Å². The lowest BCUT2D eigenvalue weighted by Gasteiger charge is -2.20. The molecule has 1 unspecified atom stereocenters. The number of aliphatic hydroxyl groups is 1. The Balaban J connectivity index is 1.36. The maximum absolute atomic E-state index is 12.5. The quantitative estimate of drug-likeness (QED) is 0.476. The van der Waals surface area contributed by atoms with E-state index in [1.54, 1.807) is 0 Å². The Hall–Kier alpha value is -3.39. The third kappa shape index (κ3) is 4.75. The summed E-state index contributed by atoms with van der Waals surface area (Å²) in [4.78, 5) is 35.7. The number of aliphatic hydroxyl groups excluding tert-OH is 1. The summed E-state index contributed by atoms with van der Waals surface area (Å²) in [6, 6.07) is 14.3. The zero-order valence-corrected chi connectivity index (χ0v) is 17.5. The van der Waals surface area contributed by atoms with Crippen LogP contribution in [0.1, 0.15) is 36.3 Å². The Morgan fingerprint density at radius 3 is 2.09 bits per heavy atom. The second kappa shape index (κ2) is 9.40. The van der Waals surface area contributed by atoms with Crippen LogP contribution in [0.15, 0.2) is 48.5 Å². The Morgan fingerprint density at radius 1 is 0.969 bits per heavy atom. The van der Waals surface area contributed by atoms with E-state index in [1.165, 1.54) is 0 Å². The van der Waals surface area contributed by atoms with E-state index in [-0.39, 0.29) is 24.9 Å². The van der Waals surface area contributed by atoms with Crippen LogP contribution >= 0.6 is 0 Å². The number of aliphatic carboxylic acids is 1. The molecule has 2 atom stereocenters. The van der Waals surface area contributed by atoms with Crippen LogP contribution in [0, 0.1) is 5.92 Å². The molecule has 0 saturated heterocycles. The zero-order chi connectivity index (χ0) is 22.7. The molecule has 2 aromatic rings. The molecule has 2 aliphatic rings. The Labute approximate surface area is 185 Å². The van der Waals surface area contributed by atoms with Crippen molar-refractivity contribution < 1.29 is 29.3 Å². The lowest BCUT2D eigenvalue weighted by atomic mass is 9.98. The molecule has 168 valence electrons. The Kier molecular flexibility index (Phi) is 6.41. The summed E-state index contributed by atoms with van der Waals surface area (Å²) in [5.74, 6) is -1.76. The van der Waals surface area contributed by atoms with Gasteiger partial charge in [-0.25, -0.2) is 9.59 Å². The van der Waals surface area contributed by atoms with E-state index >= 15 is 0 Å². The second-order valence-corrected chi connectivity index (χ2v) is 8.26. The summed E-state index contributed by atoms with van der Waals surface area (Å²) in [5, 5.41) is 23.1. The number of benzene rings is 2. The number of carboxylic acid groups (broad SMARTS) is 1. The van der Waals surface area contributed by atoms with Crippen LogP contribution in [0.5, 0.6) is 0 Å². The molecule has 1 saturated carbocycles. The largest absolute Gasteiger partial charge is 0.480 e. The first-order chi connectivity index (χ1) is 15.5. The molecular formula is C24H26N2O6. The van der Waals surface area contributed by atoms with Crippen molar-refractivity contribution in [2.24, 2.45) is 5.92 Å². The lowest BCUT2D eigenvalue weighted by molar-refractivity contribution is -0.143. The predicted molar refractivity (Wildman–Crippen MR) is 116 cm³/mol. The number of alkyl carbamates (subject to hydrolysis) is 1. The highest BCUT2D eigenvalue weighted by Gasteiger charge is 2.35. The van der Waals surface area contributed by atoms with Crippen molar-refractivity contribution in [2.75, 3.05) is 13.2 Å². The van der Waals surface area contributed by atoms with Crippen molar-refractivity contribution in [3.63, 3.8) is 0 Å². The van der Waals surface area contributed by atoms with E-state index in [4.69, 9.17) is 14.9 Å².